The van der Waals surface area contributed by atoms with Crippen molar-refractivity contribution in [3.63, 3.8) is 0 Å². The summed E-state index contributed by atoms with van der Waals surface area (Å²) in [5.41, 5.74) is 1.75. The highest BCUT2D eigenvalue weighted by Gasteiger charge is 2.17. The molecule has 0 radical (unpaired) electrons. The molecule has 114 valence electrons. The summed E-state index contributed by atoms with van der Waals surface area (Å²) in [6.07, 6.45) is 4.82. The van der Waals surface area contributed by atoms with Crippen molar-refractivity contribution in [1.29, 1.82) is 0 Å². The molecule has 0 unspecified atom stereocenters. The lowest BCUT2D eigenvalue weighted by atomic mass is 9.99. The van der Waals surface area contributed by atoms with Gasteiger partial charge in [0.25, 0.3) is 0 Å². The van der Waals surface area contributed by atoms with E-state index in [1.54, 1.807) is 6.07 Å². The van der Waals surface area contributed by atoms with Gasteiger partial charge in [0.1, 0.15) is 0 Å². The number of nitrogens with zero attached hydrogens (tertiary/aromatic N) is 1. The minimum absolute atomic E-state index is 0.631. The van der Waals surface area contributed by atoms with Gasteiger partial charge in [0.15, 0.2) is 0 Å². The van der Waals surface area contributed by atoms with Gasteiger partial charge in [-0.05, 0) is 42.5 Å². The lowest BCUT2D eigenvalue weighted by molar-refractivity contribution is -0.131. The predicted molar refractivity (Wildman–Crippen MR) is 84.9 cm³/mol. The summed E-state index contributed by atoms with van der Waals surface area (Å²) in [6.45, 7) is 2.63. The molecular formula is C16H20ClNO3. The summed E-state index contributed by atoms with van der Waals surface area (Å²) in [6, 6.07) is 5.60. The highest BCUT2D eigenvalue weighted by atomic mass is 35.5. The molecule has 21 heavy (non-hydrogen) atoms. The van der Waals surface area contributed by atoms with Crippen molar-refractivity contribution in [2.24, 2.45) is 5.92 Å². The minimum atomic E-state index is -0.966. The summed E-state index contributed by atoms with van der Waals surface area (Å²) in [5.74, 6) is -0.335. The molecule has 0 aliphatic carbocycles. The van der Waals surface area contributed by atoms with E-state index in [1.807, 2.05) is 19.2 Å². The molecule has 1 N–H and O–H groups in total. The number of rotatable bonds is 5. The Labute approximate surface area is 130 Å². The van der Waals surface area contributed by atoms with Gasteiger partial charge in [-0.2, -0.15) is 0 Å². The molecule has 1 aromatic rings. The van der Waals surface area contributed by atoms with Crippen LogP contribution in [0.4, 0.5) is 5.69 Å². The fraction of sp³-hybridized carbons (Fsp3) is 0.438. The fourth-order valence-corrected chi connectivity index (χ4v) is 2.85. The van der Waals surface area contributed by atoms with Gasteiger partial charge >= 0.3 is 5.97 Å². The van der Waals surface area contributed by atoms with Crippen molar-refractivity contribution in [3.8, 4) is 0 Å². The molecule has 2 rings (SSSR count). The van der Waals surface area contributed by atoms with E-state index in [4.69, 9.17) is 21.4 Å². The van der Waals surface area contributed by atoms with Gasteiger partial charge in [0.2, 0.25) is 0 Å². The Balaban J connectivity index is 2.03. The van der Waals surface area contributed by atoms with Gasteiger partial charge in [-0.3, -0.25) is 0 Å². The van der Waals surface area contributed by atoms with Crippen LogP contribution in [-0.2, 0) is 9.53 Å². The number of halogens is 1. The first kappa shape index (κ1) is 15.9. The lowest BCUT2D eigenvalue weighted by Crippen LogP contribution is -2.29. The van der Waals surface area contributed by atoms with E-state index < -0.39 is 5.97 Å². The van der Waals surface area contributed by atoms with Crippen LogP contribution < -0.4 is 4.90 Å². The molecule has 0 bridgehead atoms. The number of hydrogen-bond acceptors (Lipinski definition) is 3. The first-order valence-corrected chi connectivity index (χ1v) is 7.43. The monoisotopic (exact) mass is 309 g/mol. The third-order valence-corrected chi connectivity index (χ3v) is 3.98. The Bertz CT molecular complexity index is 524. The molecule has 1 aliphatic heterocycles. The lowest BCUT2D eigenvalue weighted by Gasteiger charge is -2.29. The summed E-state index contributed by atoms with van der Waals surface area (Å²) in [7, 11) is 2.03. The van der Waals surface area contributed by atoms with Gasteiger partial charge in [-0.25, -0.2) is 4.79 Å². The first-order valence-electron chi connectivity index (χ1n) is 7.05. The van der Waals surface area contributed by atoms with Gasteiger partial charge in [-0.15, -0.1) is 0 Å². The summed E-state index contributed by atoms with van der Waals surface area (Å²) in [5, 5.41) is 9.27. The molecule has 5 heteroatoms. The Hall–Kier alpha value is -1.52. The Kier molecular flexibility index (Phi) is 5.65. The van der Waals surface area contributed by atoms with Crippen molar-refractivity contribution in [1.82, 2.24) is 0 Å². The molecule has 0 spiro atoms. The van der Waals surface area contributed by atoms with Crippen molar-refractivity contribution in [3.05, 3.63) is 34.9 Å². The maximum atomic E-state index is 10.5. The number of carboxylic acid groups (broad SMARTS) is 1. The number of anilines is 1. The van der Waals surface area contributed by atoms with E-state index in [2.05, 4.69) is 4.90 Å². The van der Waals surface area contributed by atoms with E-state index in [1.165, 1.54) is 6.08 Å². The average molecular weight is 310 g/mol. The molecule has 0 atom stereocenters. The van der Waals surface area contributed by atoms with E-state index >= 15 is 0 Å². The molecule has 4 nitrogen and oxygen atoms in total. The molecule has 1 heterocycles. The van der Waals surface area contributed by atoms with Crippen molar-refractivity contribution < 1.29 is 14.6 Å². The average Bonchev–Trinajstić information content (AvgIpc) is 2.46. The van der Waals surface area contributed by atoms with Crippen LogP contribution in [0.5, 0.6) is 0 Å². The van der Waals surface area contributed by atoms with Crippen molar-refractivity contribution in [2.45, 2.75) is 12.8 Å². The summed E-state index contributed by atoms with van der Waals surface area (Å²) < 4.78 is 5.37. The van der Waals surface area contributed by atoms with Crippen LogP contribution in [0.2, 0.25) is 5.02 Å². The zero-order valence-electron chi connectivity index (χ0n) is 12.1. The van der Waals surface area contributed by atoms with E-state index in [0.29, 0.717) is 10.9 Å². The maximum Gasteiger partial charge on any atom is 0.328 e. The second-order valence-corrected chi connectivity index (χ2v) is 5.73. The number of aliphatic carboxylic acids is 1. The van der Waals surface area contributed by atoms with E-state index in [9.17, 15) is 4.79 Å². The smallest absolute Gasteiger partial charge is 0.328 e. The highest BCUT2D eigenvalue weighted by Crippen LogP contribution is 2.28. The Morgan fingerprint density at radius 3 is 2.81 bits per heavy atom. The van der Waals surface area contributed by atoms with Crippen LogP contribution >= 0.6 is 11.6 Å². The second kappa shape index (κ2) is 7.48. The molecule has 0 amide bonds. The van der Waals surface area contributed by atoms with Crippen LogP contribution in [0.25, 0.3) is 6.08 Å². The molecule has 0 aromatic heterocycles. The van der Waals surface area contributed by atoms with Crippen LogP contribution in [0.3, 0.4) is 0 Å². The van der Waals surface area contributed by atoms with Gasteiger partial charge in [-0.1, -0.05) is 17.7 Å². The highest BCUT2D eigenvalue weighted by molar-refractivity contribution is 6.33. The largest absolute Gasteiger partial charge is 0.478 e. The SMILES string of the molecule is CN(CC1CCOCC1)c1ccc(/C=C/C(=O)O)cc1Cl. The second-order valence-electron chi connectivity index (χ2n) is 5.32. The molecule has 0 saturated carbocycles. The van der Waals surface area contributed by atoms with Crippen molar-refractivity contribution >= 4 is 29.3 Å². The molecule has 1 saturated heterocycles. The van der Waals surface area contributed by atoms with E-state index in [0.717, 1.165) is 49.9 Å². The Morgan fingerprint density at radius 1 is 1.48 bits per heavy atom. The zero-order valence-corrected chi connectivity index (χ0v) is 12.8. The standard InChI is InChI=1S/C16H20ClNO3/c1-18(11-13-6-8-21-9-7-13)15-4-2-12(10-14(15)17)3-5-16(19)20/h2-5,10,13H,6-9,11H2,1H3,(H,19,20)/b5-3+. The molecule has 1 aliphatic rings. The number of carbonyl (C=O) groups is 1. The van der Waals surface area contributed by atoms with E-state index in [-0.39, 0.29) is 0 Å². The summed E-state index contributed by atoms with van der Waals surface area (Å²) >= 11 is 6.31. The number of hydrogen-bond donors (Lipinski definition) is 1. The number of carboxylic acids is 1. The molecular weight excluding hydrogens is 290 g/mol. The van der Waals surface area contributed by atoms with Gasteiger partial charge in [0, 0.05) is 32.9 Å². The molecule has 1 aromatic carbocycles. The quantitative estimate of drug-likeness (QED) is 0.848. The third kappa shape index (κ3) is 4.76. The number of ether oxygens (including phenoxy) is 1. The zero-order chi connectivity index (χ0) is 15.2. The third-order valence-electron chi connectivity index (χ3n) is 3.67. The summed E-state index contributed by atoms with van der Waals surface area (Å²) in [4.78, 5) is 12.7. The first-order chi connectivity index (χ1) is 10.1. The van der Waals surface area contributed by atoms with Crippen LogP contribution in [0, 0.1) is 5.92 Å². The van der Waals surface area contributed by atoms with Crippen LogP contribution in [0.15, 0.2) is 24.3 Å². The van der Waals surface area contributed by atoms with Gasteiger partial charge < -0.3 is 14.7 Å². The normalized spacial score (nSPS) is 16.3. The van der Waals surface area contributed by atoms with Crippen molar-refractivity contribution in [2.75, 3.05) is 31.7 Å². The molecule has 1 fully saturated rings. The van der Waals surface area contributed by atoms with Crippen LogP contribution in [-0.4, -0.2) is 37.9 Å². The maximum absolute atomic E-state index is 10.5. The Morgan fingerprint density at radius 2 is 2.19 bits per heavy atom. The van der Waals surface area contributed by atoms with Crippen LogP contribution in [0.1, 0.15) is 18.4 Å². The van der Waals surface area contributed by atoms with Gasteiger partial charge in [0.05, 0.1) is 10.7 Å². The number of benzene rings is 1. The minimum Gasteiger partial charge on any atom is -0.478 e. The predicted octanol–water partition coefficient (Wildman–Crippen LogP) is 3.30. The topological polar surface area (TPSA) is 49.8 Å². The fourth-order valence-electron chi connectivity index (χ4n) is 2.52.